The molecule has 0 aliphatic rings. The number of hydrogen-bond acceptors (Lipinski definition) is 6. The standard InChI is InChI=1S/Co.2H3NO3S.4H2O/c;2*1-5(2,3)4;;;;/h;2*(H3,1,2,3,4);4*1H2/q+2;;;;;;/p-2. The third-order valence-electron chi connectivity index (χ3n) is 0. The summed E-state index contributed by atoms with van der Waals surface area (Å²) in [7, 11) is -8.83. The average molecular weight is 323 g/mol. The summed E-state index contributed by atoms with van der Waals surface area (Å²) in [6, 6.07) is 0. The molecule has 0 fully saturated rings. The molecule has 15 heavy (non-hydrogen) atoms. The van der Waals surface area contributed by atoms with Crippen LogP contribution in [0.2, 0.25) is 0 Å². The van der Waals surface area contributed by atoms with Crippen LogP contribution in [0, 0.1) is 0 Å². The van der Waals surface area contributed by atoms with E-state index in [1.54, 1.807) is 0 Å². The Labute approximate surface area is 95.8 Å². The molecule has 0 aromatic heterocycles. The molecule has 0 saturated heterocycles. The predicted molar refractivity (Wildman–Crippen MR) is 42.2 cm³/mol. The Morgan fingerprint density at radius 2 is 0.667 bits per heavy atom. The summed E-state index contributed by atoms with van der Waals surface area (Å²) in [5.74, 6) is 0. The maximum Gasteiger partial charge on any atom is 2.00 e. The molecule has 0 aliphatic carbocycles. The first-order valence-corrected chi connectivity index (χ1v) is 4.41. The van der Waals surface area contributed by atoms with Gasteiger partial charge in [-0.1, -0.05) is 0 Å². The Morgan fingerprint density at radius 1 is 0.667 bits per heavy atom. The van der Waals surface area contributed by atoms with Crippen molar-refractivity contribution in [1.29, 1.82) is 0 Å². The van der Waals surface area contributed by atoms with Crippen molar-refractivity contribution in [3.63, 3.8) is 0 Å². The van der Waals surface area contributed by atoms with Crippen molar-refractivity contribution in [2.24, 2.45) is 10.3 Å². The van der Waals surface area contributed by atoms with Crippen LogP contribution in [0.5, 0.6) is 0 Å². The Kier molecular flexibility index (Phi) is 50.4. The molecule has 0 unspecified atom stereocenters. The zero-order valence-corrected chi connectivity index (χ0v) is 9.43. The van der Waals surface area contributed by atoms with Crippen LogP contribution >= 0.6 is 0 Å². The first-order chi connectivity index (χ1) is 4.00. The number of nitrogens with two attached hydrogens (primary N) is 2. The normalized spacial score (nSPS) is 7.73. The SMILES string of the molecule is NS(=O)(=O)[O-].NS(=O)(=O)[O-].O.O.O.O.[Co+2]. The third kappa shape index (κ3) is 275000. The summed E-state index contributed by atoms with van der Waals surface area (Å²) < 4.78 is 53.1. The number of hydrogen-bond donors (Lipinski definition) is 2. The second-order valence-corrected chi connectivity index (χ2v) is 2.96. The predicted octanol–water partition coefficient (Wildman–Crippen LogP) is -6.49. The minimum atomic E-state index is -4.42. The third-order valence-corrected chi connectivity index (χ3v) is 0. The molecular weight excluding hydrogens is 311 g/mol. The van der Waals surface area contributed by atoms with Crippen LogP contribution in [0.1, 0.15) is 0 Å². The van der Waals surface area contributed by atoms with Crippen LogP contribution in [0.25, 0.3) is 0 Å². The van der Waals surface area contributed by atoms with Gasteiger partial charge in [0.25, 0.3) is 0 Å². The summed E-state index contributed by atoms with van der Waals surface area (Å²) in [5.41, 5.74) is 0. The van der Waals surface area contributed by atoms with Gasteiger partial charge in [-0.2, -0.15) is 0 Å². The van der Waals surface area contributed by atoms with Crippen molar-refractivity contribution in [3.05, 3.63) is 0 Å². The van der Waals surface area contributed by atoms with Gasteiger partial charge in [0.15, 0.2) is 20.6 Å². The van der Waals surface area contributed by atoms with E-state index in [0.717, 1.165) is 0 Å². The zero-order chi connectivity index (χ0) is 9.00. The summed E-state index contributed by atoms with van der Waals surface area (Å²) in [4.78, 5) is 0. The van der Waals surface area contributed by atoms with Gasteiger partial charge < -0.3 is 31.0 Å². The summed E-state index contributed by atoms with van der Waals surface area (Å²) >= 11 is 0. The van der Waals surface area contributed by atoms with Crippen LogP contribution in [0.15, 0.2) is 0 Å². The molecule has 0 atom stereocenters. The maximum absolute atomic E-state index is 8.85. The summed E-state index contributed by atoms with van der Waals surface area (Å²) in [6.07, 6.45) is 0. The van der Waals surface area contributed by atoms with Crippen molar-refractivity contribution < 1.29 is 64.6 Å². The molecule has 0 rings (SSSR count). The van der Waals surface area contributed by atoms with Crippen molar-refractivity contribution in [2.75, 3.05) is 0 Å². The Bertz CT molecular complexity index is 218. The topological polar surface area (TPSA) is 292 Å². The van der Waals surface area contributed by atoms with Crippen molar-refractivity contribution in [2.45, 2.75) is 0 Å². The van der Waals surface area contributed by atoms with Gasteiger partial charge in [-0.3, -0.25) is 0 Å². The smallest absolute Gasteiger partial charge is 0.736 e. The van der Waals surface area contributed by atoms with E-state index in [2.05, 4.69) is 10.3 Å². The molecule has 0 saturated carbocycles. The maximum atomic E-state index is 8.85. The fraction of sp³-hybridized carbons (Fsp3) is 0. The minimum Gasteiger partial charge on any atom is -0.736 e. The van der Waals surface area contributed by atoms with Gasteiger partial charge in [0, 0.05) is 0 Å². The van der Waals surface area contributed by atoms with Crippen LogP contribution in [-0.2, 0) is 37.4 Å². The molecule has 0 spiro atoms. The van der Waals surface area contributed by atoms with Crippen LogP contribution in [-0.4, -0.2) is 47.8 Å². The zero-order valence-electron chi connectivity index (χ0n) is 6.75. The summed E-state index contributed by atoms with van der Waals surface area (Å²) in [6.45, 7) is 0. The molecule has 0 aliphatic heterocycles. The molecule has 12 nitrogen and oxygen atoms in total. The van der Waals surface area contributed by atoms with E-state index < -0.39 is 20.6 Å². The largest absolute Gasteiger partial charge is 2.00 e. The Hall–Kier alpha value is 0.0865. The second kappa shape index (κ2) is 16.5. The fourth-order valence-corrected chi connectivity index (χ4v) is 0. The molecule has 0 heterocycles. The molecule has 0 bridgehead atoms. The van der Waals surface area contributed by atoms with Gasteiger partial charge in [0.05, 0.1) is 0 Å². The van der Waals surface area contributed by atoms with Crippen molar-refractivity contribution >= 4 is 20.6 Å². The molecule has 1 radical (unpaired) electrons. The van der Waals surface area contributed by atoms with E-state index in [4.69, 9.17) is 25.9 Å². The number of rotatable bonds is 0. The molecular formula is H12CoN2O10S2. The molecule has 103 valence electrons. The van der Waals surface area contributed by atoms with Crippen LogP contribution < -0.4 is 10.3 Å². The Balaban J connectivity index is -0.0000000128. The Morgan fingerprint density at radius 3 is 0.667 bits per heavy atom. The van der Waals surface area contributed by atoms with Gasteiger partial charge in [-0.25, -0.2) is 27.1 Å². The van der Waals surface area contributed by atoms with Gasteiger partial charge in [-0.05, 0) is 0 Å². The minimum absolute atomic E-state index is 0. The van der Waals surface area contributed by atoms with Crippen molar-refractivity contribution in [1.82, 2.24) is 0 Å². The van der Waals surface area contributed by atoms with Gasteiger partial charge in [0.2, 0.25) is 0 Å². The average Bonchev–Trinajstić information content (AvgIpc) is 1.12. The van der Waals surface area contributed by atoms with E-state index in [1.165, 1.54) is 0 Å². The molecule has 0 aromatic rings. The van der Waals surface area contributed by atoms with Crippen LogP contribution in [0.3, 0.4) is 0 Å². The quantitative estimate of drug-likeness (QED) is 0.407. The molecule has 0 amide bonds. The molecule has 15 heteroatoms. The van der Waals surface area contributed by atoms with E-state index in [-0.39, 0.29) is 38.7 Å². The van der Waals surface area contributed by atoms with E-state index in [0.29, 0.717) is 0 Å². The van der Waals surface area contributed by atoms with Crippen LogP contribution in [0.4, 0.5) is 0 Å². The van der Waals surface area contributed by atoms with E-state index in [1.807, 2.05) is 0 Å². The monoisotopic (exact) mass is 323 g/mol. The molecule has 12 N–H and O–H groups in total. The molecule has 0 aromatic carbocycles. The van der Waals surface area contributed by atoms with Gasteiger partial charge >= 0.3 is 16.8 Å². The second-order valence-electron chi connectivity index (χ2n) is 0.986. The summed E-state index contributed by atoms with van der Waals surface area (Å²) in [5, 5.41) is 7.54. The fourth-order valence-electron chi connectivity index (χ4n) is 0. The van der Waals surface area contributed by atoms with E-state index >= 15 is 0 Å². The first kappa shape index (κ1) is 45.8. The van der Waals surface area contributed by atoms with Gasteiger partial charge in [-0.15, -0.1) is 0 Å². The van der Waals surface area contributed by atoms with Crippen molar-refractivity contribution in [3.8, 4) is 0 Å². The first-order valence-electron chi connectivity index (χ1n) is 1.47. The van der Waals surface area contributed by atoms with E-state index in [9.17, 15) is 0 Å². The van der Waals surface area contributed by atoms with Gasteiger partial charge in [0.1, 0.15) is 0 Å².